The summed E-state index contributed by atoms with van der Waals surface area (Å²) >= 11 is 2.10. The molecule has 0 radical (unpaired) electrons. The van der Waals surface area contributed by atoms with Gasteiger partial charge in [-0.3, -0.25) is 0 Å². The summed E-state index contributed by atoms with van der Waals surface area (Å²) in [6.45, 7) is 2.39. The Morgan fingerprint density at radius 3 is 3.08 bits per heavy atom. The molecule has 4 heteroatoms. The first-order valence-electron chi connectivity index (χ1n) is 3.46. The van der Waals surface area contributed by atoms with Gasteiger partial charge in [-0.2, -0.15) is 5.26 Å². The van der Waals surface area contributed by atoms with Crippen LogP contribution < -0.4 is 4.74 Å². The molecule has 3 nitrogen and oxygen atoms in total. The summed E-state index contributed by atoms with van der Waals surface area (Å²) in [5, 5.41) is 8.70. The Balaban J connectivity index is 3.05. The predicted octanol–water partition coefficient (Wildman–Crippen LogP) is 1.96. The van der Waals surface area contributed by atoms with Crippen molar-refractivity contribution in [1.82, 2.24) is 4.98 Å². The maximum absolute atomic E-state index is 8.70. The van der Waals surface area contributed by atoms with Crippen LogP contribution in [-0.2, 0) is 0 Å². The van der Waals surface area contributed by atoms with E-state index in [1.54, 1.807) is 12.3 Å². The molecule has 0 saturated heterocycles. The summed E-state index contributed by atoms with van der Waals surface area (Å²) in [6.07, 6.45) is 1.67. The third-order valence-electron chi connectivity index (χ3n) is 1.22. The van der Waals surface area contributed by atoms with Crippen LogP contribution in [0.5, 0.6) is 5.88 Å². The lowest BCUT2D eigenvalue weighted by atomic mass is 10.3. The van der Waals surface area contributed by atoms with Crippen LogP contribution in [0.4, 0.5) is 0 Å². The van der Waals surface area contributed by atoms with Gasteiger partial charge in [-0.15, -0.1) is 0 Å². The Labute approximate surface area is 84.5 Å². The molecule has 0 N–H and O–H groups in total. The molecule has 0 aliphatic rings. The quantitative estimate of drug-likeness (QED) is 0.774. The molecule has 1 rings (SSSR count). The number of hydrogen-bond donors (Lipinski definition) is 0. The van der Waals surface area contributed by atoms with E-state index in [2.05, 4.69) is 27.6 Å². The fourth-order valence-corrected chi connectivity index (χ4v) is 1.21. The Morgan fingerprint density at radius 2 is 2.50 bits per heavy atom. The largest absolute Gasteiger partial charge is 0.477 e. The zero-order chi connectivity index (χ0) is 8.97. The smallest absolute Gasteiger partial charge is 0.231 e. The Hall–Kier alpha value is -0.830. The summed E-state index contributed by atoms with van der Waals surface area (Å²) in [7, 11) is 0. The van der Waals surface area contributed by atoms with Crippen LogP contribution >= 0.6 is 22.6 Å². The monoisotopic (exact) mass is 274 g/mol. The second-order valence-electron chi connectivity index (χ2n) is 2.05. The maximum atomic E-state index is 8.70. The first-order valence-corrected chi connectivity index (χ1v) is 4.54. The first-order chi connectivity index (χ1) is 5.77. The minimum Gasteiger partial charge on any atom is -0.477 e. The summed E-state index contributed by atoms with van der Waals surface area (Å²) in [5.41, 5.74) is 0.490. The van der Waals surface area contributed by atoms with Crippen molar-refractivity contribution < 1.29 is 4.74 Å². The zero-order valence-corrected chi connectivity index (χ0v) is 8.70. The first kappa shape index (κ1) is 9.26. The third kappa shape index (κ3) is 2.08. The van der Waals surface area contributed by atoms with Gasteiger partial charge in [0.05, 0.1) is 6.61 Å². The van der Waals surface area contributed by atoms with Gasteiger partial charge in [0.15, 0.2) is 0 Å². The molecule has 1 aromatic rings. The molecule has 0 saturated carbocycles. The number of nitriles is 1. The van der Waals surface area contributed by atoms with Crippen LogP contribution in [0.2, 0.25) is 0 Å². The Bertz CT molecular complexity index is 319. The van der Waals surface area contributed by atoms with Gasteiger partial charge in [-0.25, -0.2) is 4.98 Å². The van der Waals surface area contributed by atoms with Crippen LogP contribution in [0.15, 0.2) is 12.3 Å². The molecule has 1 heterocycles. The summed E-state index contributed by atoms with van der Waals surface area (Å²) in [5.74, 6) is 0.417. The van der Waals surface area contributed by atoms with Crippen molar-refractivity contribution in [3.8, 4) is 11.9 Å². The van der Waals surface area contributed by atoms with E-state index in [1.807, 2.05) is 13.0 Å². The Morgan fingerprint density at radius 1 is 1.75 bits per heavy atom. The van der Waals surface area contributed by atoms with Crippen molar-refractivity contribution in [2.75, 3.05) is 6.61 Å². The number of pyridine rings is 1. The van der Waals surface area contributed by atoms with Gasteiger partial charge in [-0.05, 0) is 35.6 Å². The summed E-state index contributed by atoms with van der Waals surface area (Å²) in [6, 6.07) is 3.78. The molecule has 0 bridgehead atoms. The van der Waals surface area contributed by atoms with E-state index in [1.165, 1.54) is 0 Å². The highest BCUT2D eigenvalue weighted by molar-refractivity contribution is 14.1. The number of nitrogens with zero attached hydrogens (tertiary/aromatic N) is 2. The summed E-state index contributed by atoms with van der Waals surface area (Å²) in [4.78, 5) is 3.99. The second kappa shape index (κ2) is 4.26. The lowest BCUT2D eigenvalue weighted by molar-refractivity contribution is 0.325. The van der Waals surface area contributed by atoms with E-state index >= 15 is 0 Å². The molecule has 1 aromatic heterocycles. The van der Waals surface area contributed by atoms with E-state index in [9.17, 15) is 0 Å². The molecule has 0 aliphatic carbocycles. The second-order valence-corrected chi connectivity index (χ2v) is 3.30. The Kier molecular flexibility index (Phi) is 3.29. The lowest BCUT2D eigenvalue weighted by Crippen LogP contribution is -1.97. The molecule has 0 unspecified atom stereocenters. The van der Waals surface area contributed by atoms with Crippen molar-refractivity contribution in [2.24, 2.45) is 0 Å². The molecule has 0 spiro atoms. The van der Waals surface area contributed by atoms with E-state index in [0.29, 0.717) is 18.1 Å². The molecular formula is C8H7IN2O. The molecule has 0 aromatic carbocycles. The number of aromatic nitrogens is 1. The average molecular weight is 274 g/mol. The van der Waals surface area contributed by atoms with Crippen LogP contribution in [0.3, 0.4) is 0 Å². The molecule has 0 amide bonds. The minimum atomic E-state index is 0.417. The van der Waals surface area contributed by atoms with E-state index < -0.39 is 0 Å². The number of rotatable bonds is 2. The number of halogens is 1. The number of ether oxygens (including phenoxy) is 1. The van der Waals surface area contributed by atoms with Gasteiger partial charge < -0.3 is 4.74 Å². The SMILES string of the molecule is CCOc1ncc(I)cc1C#N. The van der Waals surface area contributed by atoms with E-state index in [-0.39, 0.29) is 0 Å². The summed E-state index contributed by atoms with van der Waals surface area (Å²) < 4.78 is 6.08. The third-order valence-corrected chi connectivity index (χ3v) is 1.81. The molecule has 0 aliphatic heterocycles. The minimum absolute atomic E-state index is 0.417. The zero-order valence-electron chi connectivity index (χ0n) is 6.54. The lowest BCUT2D eigenvalue weighted by Gasteiger charge is -2.02. The topological polar surface area (TPSA) is 45.9 Å². The van der Waals surface area contributed by atoms with Crippen LogP contribution in [-0.4, -0.2) is 11.6 Å². The fraction of sp³-hybridized carbons (Fsp3) is 0.250. The van der Waals surface area contributed by atoms with Gasteiger partial charge in [0.1, 0.15) is 11.6 Å². The molecule has 0 atom stereocenters. The normalized spacial score (nSPS) is 9.08. The van der Waals surface area contributed by atoms with Gasteiger partial charge in [0, 0.05) is 9.77 Å². The average Bonchev–Trinajstić information content (AvgIpc) is 2.08. The fourth-order valence-electron chi connectivity index (χ4n) is 0.759. The van der Waals surface area contributed by atoms with Crippen molar-refractivity contribution in [3.63, 3.8) is 0 Å². The van der Waals surface area contributed by atoms with Gasteiger partial charge in [0.2, 0.25) is 5.88 Å². The van der Waals surface area contributed by atoms with Crippen LogP contribution in [0.1, 0.15) is 12.5 Å². The standard InChI is InChI=1S/C8H7IN2O/c1-2-12-8-6(4-10)3-7(9)5-11-8/h3,5H,2H2,1H3. The highest BCUT2D eigenvalue weighted by Gasteiger charge is 2.03. The van der Waals surface area contributed by atoms with Crippen molar-refractivity contribution >= 4 is 22.6 Å². The highest BCUT2D eigenvalue weighted by atomic mass is 127. The van der Waals surface area contributed by atoms with Crippen LogP contribution in [0.25, 0.3) is 0 Å². The van der Waals surface area contributed by atoms with Gasteiger partial charge in [0.25, 0.3) is 0 Å². The van der Waals surface area contributed by atoms with E-state index in [0.717, 1.165) is 3.57 Å². The van der Waals surface area contributed by atoms with E-state index in [4.69, 9.17) is 10.00 Å². The van der Waals surface area contributed by atoms with Gasteiger partial charge in [-0.1, -0.05) is 0 Å². The molecular weight excluding hydrogens is 267 g/mol. The van der Waals surface area contributed by atoms with Crippen molar-refractivity contribution in [2.45, 2.75) is 6.92 Å². The molecule has 62 valence electrons. The molecule has 0 fully saturated rings. The predicted molar refractivity (Wildman–Crippen MR) is 52.8 cm³/mol. The number of hydrogen-bond acceptors (Lipinski definition) is 3. The van der Waals surface area contributed by atoms with Gasteiger partial charge >= 0.3 is 0 Å². The highest BCUT2D eigenvalue weighted by Crippen LogP contribution is 2.16. The maximum Gasteiger partial charge on any atom is 0.231 e. The van der Waals surface area contributed by atoms with Crippen LogP contribution in [0, 0.1) is 14.9 Å². The molecule has 12 heavy (non-hydrogen) atoms. The van der Waals surface area contributed by atoms with Crippen molar-refractivity contribution in [1.29, 1.82) is 5.26 Å². The van der Waals surface area contributed by atoms with Crippen molar-refractivity contribution in [3.05, 3.63) is 21.4 Å².